The molecule has 0 bridgehead atoms. The number of anilines is 1. The second-order valence-electron chi connectivity index (χ2n) is 4.55. The largest absolute Gasteiger partial charge is 0.450 e. The molecular weight excluding hydrogens is 286 g/mol. The zero-order chi connectivity index (χ0) is 15.9. The highest BCUT2D eigenvalue weighted by atomic mass is 16.6. The molecule has 0 fully saturated rings. The minimum atomic E-state index is -0.534. The van der Waals surface area contributed by atoms with E-state index in [4.69, 9.17) is 9.15 Å². The first kappa shape index (κ1) is 15.6. The summed E-state index contributed by atoms with van der Waals surface area (Å²) in [5.41, 5.74) is 1.41. The van der Waals surface area contributed by atoms with E-state index in [2.05, 4.69) is 10.3 Å². The summed E-state index contributed by atoms with van der Waals surface area (Å²) in [5, 5.41) is 2.72. The van der Waals surface area contributed by atoms with Crippen LogP contribution in [-0.2, 0) is 9.53 Å². The SMILES string of the molecule is CCOC(=O)N(C)CC(=O)Nc1cccc(-c2cnco2)c1. The Balaban J connectivity index is 1.97. The number of carbonyl (C=O) groups excluding carboxylic acids is 2. The van der Waals surface area contributed by atoms with E-state index in [-0.39, 0.29) is 19.1 Å². The van der Waals surface area contributed by atoms with Crippen LogP contribution in [0.1, 0.15) is 6.92 Å². The minimum Gasteiger partial charge on any atom is -0.450 e. The van der Waals surface area contributed by atoms with E-state index in [1.165, 1.54) is 18.3 Å². The van der Waals surface area contributed by atoms with E-state index in [1.54, 1.807) is 31.3 Å². The first-order valence-corrected chi connectivity index (χ1v) is 6.77. The molecule has 0 aliphatic carbocycles. The maximum atomic E-state index is 11.9. The topological polar surface area (TPSA) is 84.7 Å². The minimum absolute atomic E-state index is 0.0919. The Labute approximate surface area is 127 Å². The Morgan fingerprint density at radius 1 is 1.41 bits per heavy atom. The fraction of sp³-hybridized carbons (Fsp3) is 0.267. The van der Waals surface area contributed by atoms with Gasteiger partial charge in [-0.05, 0) is 19.1 Å². The third-order valence-electron chi connectivity index (χ3n) is 2.82. The zero-order valence-electron chi connectivity index (χ0n) is 12.4. The predicted octanol–water partition coefficient (Wildman–Crippen LogP) is 2.37. The van der Waals surface area contributed by atoms with E-state index < -0.39 is 6.09 Å². The normalized spacial score (nSPS) is 10.1. The van der Waals surface area contributed by atoms with Gasteiger partial charge >= 0.3 is 6.09 Å². The van der Waals surface area contributed by atoms with Crippen LogP contribution in [0.4, 0.5) is 10.5 Å². The highest BCUT2D eigenvalue weighted by Crippen LogP contribution is 2.21. The quantitative estimate of drug-likeness (QED) is 0.916. The van der Waals surface area contributed by atoms with Crippen LogP contribution in [0.3, 0.4) is 0 Å². The summed E-state index contributed by atoms with van der Waals surface area (Å²) < 4.78 is 10.0. The summed E-state index contributed by atoms with van der Waals surface area (Å²) in [7, 11) is 1.50. The molecule has 116 valence electrons. The van der Waals surface area contributed by atoms with Crippen molar-refractivity contribution in [2.45, 2.75) is 6.92 Å². The van der Waals surface area contributed by atoms with Gasteiger partial charge in [0.05, 0.1) is 12.8 Å². The summed E-state index contributed by atoms with van der Waals surface area (Å²) in [4.78, 5) is 28.4. The highest BCUT2D eigenvalue weighted by molar-refractivity contribution is 5.94. The lowest BCUT2D eigenvalue weighted by molar-refractivity contribution is -0.116. The first-order valence-electron chi connectivity index (χ1n) is 6.77. The van der Waals surface area contributed by atoms with Crippen molar-refractivity contribution in [2.75, 3.05) is 25.5 Å². The molecule has 0 radical (unpaired) electrons. The average Bonchev–Trinajstić information content (AvgIpc) is 3.01. The van der Waals surface area contributed by atoms with Gasteiger partial charge in [0, 0.05) is 18.3 Å². The third kappa shape index (κ3) is 4.08. The van der Waals surface area contributed by atoms with Gasteiger partial charge in [-0.1, -0.05) is 12.1 Å². The highest BCUT2D eigenvalue weighted by Gasteiger charge is 2.14. The van der Waals surface area contributed by atoms with E-state index in [0.717, 1.165) is 5.56 Å². The summed E-state index contributed by atoms with van der Waals surface area (Å²) >= 11 is 0. The molecule has 22 heavy (non-hydrogen) atoms. The molecule has 2 amide bonds. The van der Waals surface area contributed by atoms with Crippen molar-refractivity contribution in [3.05, 3.63) is 36.9 Å². The van der Waals surface area contributed by atoms with Crippen LogP contribution in [-0.4, -0.2) is 42.1 Å². The van der Waals surface area contributed by atoms with Gasteiger partial charge in [-0.15, -0.1) is 0 Å². The summed E-state index contributed by atoms with van der Waals surface area (Å²) in [6.07, 6.45) is 2.40. The van der Waals surface area contributed by atoms with Crippen LogP contribution >= 0.6 is 0 Å². The number of carbonyl (C=O) groups is 2. The van der Waals surface area contributed by atoms with Gasteiger partial charge in [0.15, 0.2) is 12.2 Å². The Morgan fingerprint density at radius 3 is 2.91 bits per heavy atom. The molecule has 0 aliphatic rings. The van der Waals surface area contributed by atoms with Gasteiger partial charge in [0.1, 0.15) is 6.54 Å². The predicted molar refractivity (Wildman–Crippen MR) is 80.2 cm³/mol. The number of benzene rings is 1. The lowest BCUT2D eigenvalue weighted by Crippen LogP contribution is -2.35. The molecule has 7 nitrogen and oxygen atoms in total. The molecule has 0 saturated carbocycles. The fourth-order valence-electron chi connectivity index (χ4n) is 1.82. The molecular formula is C15H17N3O4. The molecule has 1 N–H and O–H groups in total. The molecule has 7 heteroatoms. The van der Waals surface area contributed by atoms with Crippen molar-refractivity contribution in [3.8, 4) is 11.3 Å². The Morgan fingerprint density at radius 2 is 2.23 bits per heavy atom. The summed E-state index contributed by atoms with van der Waals surface area (Å²) in [6, 6.07) is 7.16. The van der Waals surface area contributed by atoms with Gasteiger partial charge < -0.3 is 19.4 Å². The second kappa shape index (κ2) is 7.26. The molecule has 0 spiro atoms. The van der Waals surface area contributed by atoms with Crippen LogP contribution in [0.5, 0.6) is 0 Å². The number of amides is 2. The summed E-state index contributed by atoms with van der Waals surface area (Å²) in [6.45, 7) is 1.89. The fourth-order valence-corrected chi connectivity index (χ4v) is 1.82. The van der Waals surface area contributed by atoms with Crippen molar-refractivity contribution in [2.24, 2.45) is 0 Å². The molecule has 2 aromatic rings. The molecule has 1 aromatic heterocycles. The van der Waals surface area contributed by atoms with Gasteiger partial charge in [-0.3, -0.25) is 4.79 Å². The summed E-state index contributed by atoms with van der Waals surface area (Å²) in [5.74, 6) is 0.296. The smallest absolute Gasteiger partial charge is 0.409 e. The molecule has 0 aliphatic heterocycles. The lowest BCUT2D eigenvalue weighted by Gasteiger charge is -2.16. The third-order valence-corrected chi connectivity index (χ3v) is 2.82. The number of likely N-dealkylation sites (N-methyl/N-ethyl adjacent to an activating group) is 1. The molecule has 1 heterocycles. The zero-order valence-corrected chi connectivity index (χ0v) is 12.4. The van der Waals surface area contributed by atoms with Gasteiger partial charge in [-0.25, -0.2) is 9.78 Å². The van der Waals surface area contributed by atoms with Crippen molar-refractivity contribution >= 4 is 17.7 Å². The number of ether oxygens (including phenoxy) is 1. The maximum absolute atomic E-state index is 11.9. The number of hydrogen-bond donors (Lipinski definition) is 1. The lowest BCUT2D eigenvalue weighted by atomic mass is 10.1. The number of rotatable bonds is 5. The average molecular weight is 303 g/mol. The van der Waals surface area contributed by atoms with Crippen LogP contribution in [0, 0.1) is 0 Å². The van der Waals surface area contributed by atoms with E-state index in [9.17, 15) is 9.59 Å². The van der Waals surface area contributed by atoms with Gasteiger partial charge in [0.25, 0.3) is 0 Å². The van der Waals surface area contributed by atoms with Crippen molar-refractivity contribution in [3.63, 3.8) is 0 Å². The second-order valence-corrected chi connectivity index (χ2v) is 4.55. The van der Waals surface area contributed by atoms with Crippen molar-refractivity contribution in [1.82, 2.24) is 9.88 Å². The molecule has 0 atom stereocenters. The number of nitrogens with zero attached hydrogens (tertiary/aromatic N) is 2. The van der Waals surface area contributed by atoms with Gasteiger partial charge in [-0.2, -0.15) is 0 Å². The Kier molecular flexibility index (Phi) is 5.13. The number of oxazole rings is 1. The van der Waals surface area contributed by atoms with E-state index in [0.29, 0.717) is 11.4 Å². The Hall–Kier alpha value is -2.83. The standard InChI is InChI=1S/C15H17N3O4/c1-3-21-15(20)18(2)9-14(19)17-12-6-4-5-11(7-12)13-8-16-10-22-13/h4-8,10H,3,9H2,1-2H3,(H,17,19). The van der Waals surface area contributed by atoms with Crippen LogP contribution in [0.15, 0.2) is 41.3 Å². The van der Waals surface area contributed by atoms with Crippen molar-refractivity contribution in [1.29, 1.82) is 0 Å². The number of aromatic nitrogens is 1. The number of nitrogens with one attached hydrogen (secondary N) is 1. The maximum Gasteiger partial charge on any atom is 0.409 e. The molecule has 0 unspecified atom stereocenters. The van der Waals surface area contributed by atoms with E-state index >= 15 is 0 Å². The Bertz CT molecular complexity index is 640. The van der Waals surface area contributed by atoms with Crippen LogP contribution in [0.25, 0.3) is 11.3 Å². The first-order chi connectivity index (χ1) is 10.6. The molecule has 1 aromatic carbocycles. The van der Waals surface area contributed by atoms with E-state index in [1.807, 2.05) is 6.07 Å². The molecule has 2 rings (SSSR count). The van der Waals surface area contributed by atoms with Gasteiger partial charge in [0.2, 0.25) is 5.91 Å². The van der Waals surface area contributed by atoms with Crippen LogP contribution in [0.2, 0.25) is 0 Å². The molecule has 0 saturated heterocycles. The monoisotopic (exact) mass is 303 g/mol. The number of hydrogen-bond acceptors (Lipinski definition) is 5. The van der Waals surface area contributed by atoms with Crippen molar-refractivity contribution < 1.29 is 18.7 Å². The van der Waals surface area contributed by atoms with Crippen LogP contribution < -0.4 is 5.32 Å².